The van der Waals surface area contributed by atoms with Gasteiger partial charge in [-0.2, -0.15) is 0 Å². The number of hydrogen-bond donors (Lipinski definition) is 0. The van der Waals surface area contributed by atoms with E-state index in [1.165, 1.54) is 17.5 Å². The summed E-state index contributed by atoms with van der Waals surface area (Å²) in [7, 11) is 4.35. The van der Waals surface area contributed by atoms with E-state index in [1.54, 1.807) is 0 Å². The van der Waals surface area contributed by atoms with Crippen LogP contribution in [0.2, 0.25) is 5.02 Å². The fourth-order valence-corrected chi connectivity index (χ4v) is 5.28. The van der Waals surface area contributed by atoms with Crippen molar-refractivity contribution in [3.05, 3.63) is 64.7 Å². The molecule has 0 saturated carbocycles. The molecule has 6 heteroatoms. The quantitative estimate of drug-likeness (QED) is 0.605. The van der Waals surface area contributed by atoms with Gasteiger partial charge in [-0.3, -0.25) is 9.69 Å². The van der Waals surface area contributed by atoms with Gasteiger partial charge in [0.1, 0.15) is 0 Å². The molecular weight excluding hydrogens is 444 g/mol. The molecule has 0 aliphatic carbocycles. The summed E-state index contributed by atoms with van der Waals surface area (Å²) < 4.78 is 0. The molecule has 2 saturated heterocycles. The summed E-state index contributed by atoms with van der Waals surface area (Å²) in [5.41, 5.74) is 3.36. The highest BCUT2D eigenvalue weighted by atomic mass is 35.5. The molecule has 0 bridgehead atoms. The third-order valence-electron chi connectivity index (χ3n) is 7.22. The van der Waals surface area contributed by atoms with Crippen LogP contribution in [0.15, 0.2) is 48.5 Å². The summed E-state index contributed by atoms with van der Waals surface area (Å²) in [5.74, 6) is 0.217. The van der Waals surface area contributed by atoms with Crippen LogP contribution >= 0.6 is 11.6 Å². The Morgan fingerprint density at radius 1 is 0.971 bits per heavy atom. The highest BCUT2D eigenvalue weighted by Crippen LogP contribution is 2.33. The Morgan fingerprint density at radius 3 is 2.24 bits per heavy atom. The molecule has 0 aromatic heterocycles. The molecule has 2 aliphatic rings. The van der Waals surface area contributed by atoms with Gasteiger partial charge in [-0.05, 0) is 55.9 Å². The minimum atomic E-state index is -0.378. The van der Waals surface area contributed by atoms with Crippen molar-refractivity contribution in [3.63, 3.8) is 0 Å². The number of benzene rings is 2. The lowest BCUT2D eigenvalue weighted by Gasteiger charge is -2.44. The van der Waals surface area contributed by atoms with Gasteiger partial charge in [-0.15, -0.1) is 0 Å². The van der Waals surface area contributed by atoms with Crippen molar-refractivity contribution in [2.75, 3.05) is 51.7 Å². The van der Waals surface area contributed by atoms with Crippen LogP contribution < -0.4 is 4.90 Å². The number of halogens is 1. The lowest BCUT2D eigenvalue weighted by atomic mass is 9.92. The third kappa shape index (κ3) is 5.76. The number of carbonyl (C=O) groups is 1. The number of carbonyl (C=O) groups excluding carboxylic acids is 1. The van der Waals surface area contributed by atoms with Crippen molar-refractivity contribution >= 4 is 23.2 Å². The van der Waals surface area contributed by atoms with Gasteiger partial charge in [0.05, 0.1) is 6.04 Å². The molecule has 34 heavy (non-hydrogen) atoms. The average Bonchev–Trinajstić information content (AvgIpc) is 3.28. The molecule has 4 rings (SSSR count). The highest BCUT2D eigenvalue weighted by Gasteiger charge is 2.35. The van der Waals surface area contributed by atoms with Crippen LogP contribution in [0.4, 0.5) is 5.69 Å². The standard InChI is InChI=1S/C28H39ClN4O/c1-28(2,3)27(34)32-16-17-33(24-12-10-23(29)11-13-24)26(20-32)22-8-6-21(7-9-22)18-31-15-14-25(19-31)30(4)5/h6-13,25-26H,14-20H2,1-5H3/t25-,26-/m0/s1. The van der Waals surface area contributed by atoms with Crippen molar-refractivity contribution in [2.45, 2.75) is 45.8 Å². The van der Waals surface area contributed by atoms with Crippen molar-refractivity contribution in [3.8, 4) is 0 Å². The van der Waals surface area contributed by atoms with E-state index in [1.807, 2.05) is 37.8 Å². The highest BCUT2D eigenvalue weighted by molar-refractivity contribution is 6.30. The van der Waals surface area contributed by atoms with Crippen LogP contribution in [-0.4, -0.2) is 73.5 Å². The van der Waals surface area contributed by atoms with Crippen LogP contribution in [0, 0.1) is 5.41 Å². The van der Waals surface area contributed by atoms with E-state index in [9.17, 15) is 4.79 Å². The summed E-state index contributed by atoms with van der Waals surface area (Å²) in [5, 5.41) is 0.740. The Balaban J connectivity index is 1.53. The molecular formula is C28H39ClN4O. The number of amides is 1. The molecule has 0 spiro atoms. The first-order valence-corrected chi connectivity index (χ1v) is 12.8. The number of anilines is 1. The Bertz CT molecular complexity index is 967. The second-order valence-electron chi connectivity index (χ2n) is 11.1. The van der Waals surface area contributed by atoms with Gasteiger partial charge in [0, 0.05) is 61.4 Å². The van der Waals surface area contributed by atoms with E-state index in [0.29, 0.717) is 12.6 Å². The lowest BCUT2D eigenvalue weighted by Crippen LogP contribution is -2.53. The predicted octanol–water partition coefficient (Wildman–Crippen LogP) is 4.91. The molecule has 2 fully saturated rings. The first kappa shape index (κ1) is 25.0. The fourth-order valence-electron chi connectivity index (χ4n) is 5.15. The number of likely N-dealkylation sites (N-methyl/N-ethyl adjacent to an activating group) is 1. The number of hydrogen-bond acceptors (Lipinski definition) is 4. The van der Waals surface area contributed by atoms with Crippen molar-refractivity contribution < 1.29 is 4.79 Å². The van der Waals surface area contributed by atoms with Crippen molar-refractivity contribution in [1.82, 2.24) is 14.7 Å². The zero-order valence-electron chi connectivity index (χ0n) is 21.3. The first-order chi connectivity index (χ1) is 16.1. The van der Waals surface area contributed by atoms with E-state index in [4.69, 9.17) is 11.6 Å². The third-order valence-corrected chi connectivity index (χ3v) is 7.47. The Morgan fingerprint density at radius 2 is 1.65 bits per heavy atom. The van der Waals surface area contributed by atoms with Gasteiger partial charge < -0.3 is 14.7 Å². The average molecular weight is 483 g/mol. The molecule has 184 valence electrons. The fraction of sp³-hybridized carbons (Fsp3) is 0.536. The summed E-state index contributed by atoms with van der Waals surface area (Å²) in [6, 6.07) is 17.9. The SMILES string of the molecule is CN(C)[C@H]1CCN(Cc2ccc([C@@H]3CN(C(=O)C(C)(C)C)CCN3c3ccc(Cl)cc3)cc2)C1. The molecule has 1 amide bonds. The predicted molar refractivity (Wildman–Crippen MR) is 141 cm³/mol. The van der Waals surface area contributed by atoms with Gasteiger partial charge in [0.25, 0.3) is 0 Å². The van der Waals surface area contributed by atoms with E-state index < -0.39 is 0 Å². The molecule has 2 aliphatic heterocycles. The Kier molecular flexibility index (Phi) is 7.56. The molecule has 0 N–H and O–H groups in total. The molecule has 2 atom stereocenters. The molecule has 2 aromatic carbocycles. The summed E-state index contributed by atoms with van der Waals surface area (Å²) >= 11 is 6.15. The van der Waals surface area contributed by atoms with E-state index in [-0.39, 0.29) is 17.4 Å². The van der Waals surface area contributed by atoms with Gasteiger partial charge in [0.2, 0.25) is 5.91 Å². The van der Waals surface area contributed by atoms with Crippen LogP contribution in [0.3, 0.4) is 0 Å². The normalized spacial score (nSPS) is 22.0. The minimum Gasteiger partial charge on any atom is -0.361 e. The van der Waals surface area contributed by atoms with Crippen LogP contribution in [0.25, 0.3) is 0 Å². The number of piperazine rings is 1. The van der Waals surface area contributed by atoms with E-state index in [0.717, 1.165) is 43.4 Å². The second kappa shape index (κ2) is 10.3. The largest absolute Gasteiger partial charge is 0.361 e. The molecule has 5 nitrogen and oxygen atoms in total. The van der Waals surface area contributed by atoms with Gasteiger partial charge in [-0.25, -0.2) is 0 Å². The smallest absolute Gasteiger partial charge is 0.228 e. The number of likely N-dealkylation sites (tertiary alicyclic amines) is 1. The zero-order chi connectivity index (χ0) is 24.5. The topological polar surface area (TPSA) is 30.0 Å². The monoisotopic (exact) mass is 482 g/mol. The molecule has 2 aromatic rings. The minimum absolute atomic E-state index is 0.111. The van der Waals surface area contributed by atoms with E-state index >= 15 is 0 Å². The van der Waals surface area contributed by atoms with Crippen LogP contribution in [0.1, 0.15) is 44.4 Å². The zero-order valence-corrected chi connectivity index (χ0v) is 22.1. The van der Waals surface area contributed by atoms with Crippen LogP contribution in [0.5, 0.6) is 0 Å². The Labute approximate surface area is 210 Å². The van der Waals surface area contributed by atoms with Gasteiger partial charge >= 0.3 is 0 Å². The molecule has 2 heterocycles. The van der Waals surface area contributed by atoms with Crippen molar-refractivity contribution in [2.24, 2.45) is 5.41 Å². The maximum absolute atomic E-state index is 13.1. The second-order valence-corrected chi connectivity index (χ2v) is 11.5. The molecule has 0 unspecified atom stereocenters. The summed E-state index contributed by atoms with van der Waals surface area (Å²) in [4.78, 5) is 22.4. The van der Waals surface area contributed by atoms with Gasteiger partial charge in [0.15, 0.2) is 0 Å². The van der Waals surface area contributed by atoms with E-state index in [2.05, 4.69) is 65.2 Å². The summed E-state index contributed by atoms with van der Waals surface area (Å²) in [6.45, 7) is 11.5. The number of rotatable bonds is 5. The molecule has 0 radical (unpaired) electrons. The first-order valence-electron chi connectivity index (χ1n) is 12.4. The maximum Gasteiger partial charge on any atom is 0.228 e. The Hall–Kier alpha value is -2.08. The lowest BCUT2D eigenvalue weighted by molar-refractivity contribution is -0.140. The number of nitrogens with zero attached hydrogens (tertiary/aromatic N) is 4. The maximum atomic E-state index is 13.1. The van der Waals surface area contributed by atoms with Crippen molar-refractivity contribution in [1.29, 1.82) is 0 Å². The van der Waals surface area contributed by atoms with Gasteiger partial charge in [-0.1, -0.05) is 56.6 Å². The van der Waals surface area contributed by atoms with Crippen LogP contribution in [-0.2, 0) is 11.3 Å². The summed E-state index contributed by atoms with van der Waals surface area (Å²) in [6.07, 6.45) is 1.24.